The Morgan fingerprint density at radius 3 is 2.32 bits per heavy atom. The predicted octanol–water partition coefficient (Wildman–Crippen LogP) is 2.70. The van der Waals surface area contributed by atoms with Crippen molar-refractivity contribution in [2.75, 3.05) is 7.11 Å². The minimum absolute atomic E-state index is 0.116. The number of rotatable bonds is 11. The second-order valence-electron chi connectivity index (χ2n) is 4.98. The zero-order valence-corrected chi connectivity index (χ0v) is 12.7. The molecule has 0 saturated heterocycles. The van der Waals surface area contributed by atoms with Crippen LogP contribution in [0.4, 0.5) is 0 Å². The molecule has 0 saturated carbocycles. The molecule has 122 valence electrons. The lowest BCUT2D eigenvalue weighted by Gasteiger charge is -2.13. The number of carboxylic acid groups (broad SMARTS) is 2. The fraction of sp³-hybridized carbons (Fsp3) is 0.500. The number of unbranched alkanes of at least 4 members (excludes halogenated alkanes) is 2. The van der Waals surface area contributed by atoms with Crippen molar-refractivity contribution in [3.8, 4) is 5.75 Å². The molecular weight excluding hydrogens is 288 g/mol. The Bertz CT molecular complexity index is 468. The van der Waals surface area contributed by atoms with Gasteiger partial charge in [-0.25, -0.2) is 4.79 Å². The summed E-state index contributed by atoms with van der Waals surface area (Å²) in [5, 5.41) is 17.7. The van der Waals surface area contributed by atoms with Gasteiger partial charge in [0.05, 0.1) is 13.7 Å². The molecule has 1 aromatic carbocycles. The van der Waals surface area contributed by atoms with E-state index in [-0.39, 0.29) is 13.0 Å². The highest BCUT2D eigenvalue weighted by molar-refractivity contribution is 5.72. The fourth-order valence-electron chi connectivity index (χ4n) is 1.98. The van der Waals surface area contributed by atoms with E-state index in [1.54, 1.807) is 19.2 Å². The summed E-state index contributed by atoms with van der Waals surface area (Å²) in [6, 6.07) is 7.23. The van der Waals surface area contributed by atoms with E-state index >= 15 is 0 Å². The normalized spacial score (nSPS) is 11.9. The smallest absolute Gasteiger partial charge is 0.332 e. The monoisotopic (exact) mass is 310 g/mol. The van der Waals surface area contributed by atoms with Gasteiger partial charge >= 0.3 is 11.9 Å². The first-order chi connectivity index (χ1) is 10.5. The van der Waals surface area contributed by atoms with Crippen molar-refractivity contribution in [2.24, 2.45) is 0 Å². The molecule has 22 heavy (non-hydrogen) atoms. The molecule has 6 heteroatoms. The van der Waals surface area contributed by atoms with E-state index in [4.69, 9.17) is 19.7 Å². The van der Waals surface area contributed by atoms with E-state index in [0.29, 0.717) is 25.7 Å². The van der Waals surface area contributed by atoms with E-state index in [1.165, 1.54) is 0 Å². The lowest BCUT2D eigenvalue weighted by molar-refractivity contribution is -0.151. The van der Waals surface area contributed by atoms with Crippen LogP contribution in [0.3, 0.4) is 0 Å². The maximum Gasteiger partial charge on any atom is 0.332 e. The lowest BCUT2D eigenvalue weighted by atomic mass is 10.1. The van der Waals surface area contributed by atoms with Gasteiger partial charge in [0.1, 0.15) is 5.75 Å². The first-order valence-electron chi connectivity index (χ1n) is 7.22. The van der Waals surface area contributed by atoms with Crippen LogP contribution in [0.25, 0.3) is 0 Å². The molecule has 1 aromatic rings. The Labute approximate surface area is 129 Å². The minimum Gasteiger partial charge on any atom is -0.497 e. The van der Waals surface area contributed by atoms with Crippen LogP contribution < -0.4 is 4.74 Å². The quantitative estimate of drug-likeness (QED) is 0.610. The molecule has 1 atom stereocenters. The summed E-state index contributed by atoms with van der Waals surface area (Å²) in [6.45, 7) is 0.218. The van der Waals surface area contributed by atoms with Gasteiger partial charge < -0.3 is 19.7 Å². The first kappa shape index (κ1) is 18.0. The van der Waals surface area contributed by atoms with Gasteiger partial charge in [0, 0.05) is 6.42 Å². The molecule has 2 N–H and O–H groups in total. The molecule has 6 nitrogen and oxygen atoms in total. The Hall–Kier alpha value is -2.08. The van der Waals surface area contributed by atoms with Crippen molar-refractivity contribution in [3.63, 3.8) is 0 Å². The summed E-state index contributed by atoms with van der Waals surface area (Å²) in [5.41, 5.74) is 0.873. The van der Waals surface area contributed by atoms with Gasteiger partial charge in [0.15, 0.2) is 6.10 Å². The highest BCUT2D eigenvalue weighted by atomic mass is 16.5. The van der Waals surface area contributed by atoms with Crippen LogP contribution in [0.5, 0.6) is 5.75 Å². The molecule has 0 aliphatic rings. The number of carboxylic acids is 2. The Balaban J connectivity index is 2.33. The molecule has 0 aromatic heterocycles. The highest BCUT2D eigenvalue weighted by Crippen LogP contribution is 2.14. The van der Waals surface area contributed by atoms with E-state index in [1.807, 2.05) is 12.1 Å². The van der Waals surface area contributed by atoms with Crippen molar-refractivity contribution >= 4 is 11.9 Å². The van der Waals surface area contributed by atoms with Crippen molar-refractivity contribution in [2.45, 2.75) is 44.8 Å². The third-order valence-corrected chi connectivity index (χ3v) is 3.24. The lowest BCUT2D eigenvalue weighted by Crippen LogP contribution is -2.23. The third-order valence-electron chi connectivity index (χ3n) is 3.24. The maximum absolute atomic E-state index is 11.2. The number of hydrogen-bond acceptors (Lipinski definition) is 4. The van der Waals surface area contributed by atoms with Crippen molar-refractivity contribution < 1.29 is 29.3 Å². The molecule has 0 radical (unpaired) electrons. The molecule has 0 heterocycles. The van der Waals surface area contributed by atoms with Crippen LogP contribution in [-0.4, -0.2) is 35.4 Å². The second-order valence-corrected chi connectivity index (χ2v) is 4.98. The number of carbonyl (C=O) groups is 2. The molecular formula is C16H22O6. The number of hydrogen-bond donors (Lipinski definition) is 2. The SMILES string of the molecule is COc1ccc(CO[C@@H](CCCCCC(=O)O)C(=O)O)cc1. The first-order valence-corrected chi connectivity index (χ1v) is 7.22. The maximum atomic E-state index is 11.2. The van der Waals surface area contributed by atoms with Crippen LogP contribution in [0, 0.1) is 0 Å². The third kappa shape index (κ3) is 7.08. The topological polar surface area (TPSA) is 93.1 Å². The van der Waals surface area contributed by atoms with Crippen LogP contribution in [0.2, 0.25) is 0 Å². The molecule has 0 aliphatic carbocycles. The van der Waals surface area contributed by atoms with Gasteiger partial charge in [-0.05, 0) is 30.5 Å². The van der Waals surface area contributed by atoms with Crippen LogP contribution >= 0.6 is 0 Å². The summed E-state index contributed by atoms with van der Waals surface area (Å²) in [7, 11) is 1.58. The summed E-state index contributed by atoms with van der Waals surface area (Å²) in [6.07, 6.45) is 1.50. The number of methoxy groups -OCH3 is 1. The van der Waals surface area contributed by atoms with E-state index in [9.17, 15) is 9.59 Å². The van der Waals surface area contributed by atoms with Gasteiger partial charge in [-0.3, -0.25) is 4.79 Å². The van der Waals surface area contributed by atoms with Crippen molar-refractivity contribution in [3.05, 3.63) is 29.8 Å². The predicted molar refractivity (Wildman–Crippen MR) is 79.9 cm³/mol. The van der Waals surface area contributed by atoms with Gasteiger partial charge in [-0.1, -0.05) is 25.0 Å². The number of benzene rings is 1. The summed E-state index contributed by atoms with van der Waals surface area (Å²) < 4.78 is 10.5. The highest BCUT2D eigenvalue weighted by Gasteiger charge is 2.17. The van der Waals surface area contributed by atoms with Crippen LogP contribution in [-0.2, 0) is 20.9 Å². The zero-order chi connectivity index (χ0) is 16.4. The molecule has 1 rings (SSSR count). The zero-order valence-electron chi connectivity index (χ0n) is 12.7. The second kappa shape index (κ2) is 9.78. The van der Waals surface area contributed by atoms with E-state index in [0.717, 1.165) is 11.3 Å². The Morgan fingerprint density at radius 2 is 1.77 bits per heavy atom. The average Bonchev–Trinajstić information content (AvgIpc) is 2.49. The summed E-state index contributed by atoms with van der Waals surface area (Å²) >= 11 is 0. The minimum atomic E-state index is -0.994. The van der Waals surface area contributed by atoms with Crippen molar-refractivity contribution in [1.82, 2.24) is 0 Å². The molecule has 0 amide bonds. The fourth-order valence-corrected chi connectivity index (χ4v) is 1.98. The van der Waals surface area contributed by atoms with Crippen LogP contribution in [0.15, 0.2) is 24.3 Å². The van der Waals surface area contributed by atoms with Gasteiger partial charge in [0.25, 0.3) is 0 Å². The Morgan fingerprint density at radius 1 is 1.09 bits per heavy atom. The molecule has 0 unspecified atom stereocenters. The van der Waals surface area contributed by atoms with Crippen molar-refractivity contribution in [1.29, 1.82) is 0 Å². The van der Waals surface area contributed by atoms with E-state index in [2.05, 4.69) is 0 Å². The largest absolute Gasteiger partial charge is 0.497 e. The van der Waals surface area contributed by atoms with E-state index < -0.39 is 18.0 Å². The molecule has 0 bridgehead atoms. The Kier molecular flexibility index (Phi) is 7.99. The number of ether oxygens (including phenoxy) is 2. The standard InChI is InChI=1S/C16H22O6/c1-21-13-9-7-12(8-10-13)11-22-14(16(19)20)5-3-2-4-6-15(17)18/h7-10,14H,2-6,11H2,1H3,(H,17,18)(H,19,20)/t14-/m0/s1. The summed E-state index contributed by atoms with van der Waals surface area (Å²) in [4.78, 5) is 21.5. The van der Waals surface area contributed by atoms with Gasteiger partial charge in [-0.15, -0.1) is 0 Å². The molecule has 0 spiro atoms. The molecule has 0 fully saturated rings. The van der Waals surface area contributed by atoms with Crippen LogP contribution in [0.1, 0.15) is 37.7 Å². The van der Waals surface area contributed by atoms with Gasteiger partial charge in [-0.2, -0.15) is 0 Å². The molecule has 0 aliphatic heterocycles. The number of aliphatic carboxylic acids is 2. The summed E-state index contributed by atoms with van der Waals surface area (Å²) in [5.74, 6) is -1.09. The van der Waals surface area contributed by atoms with Gasteiger partial charge in [0.2, 0.25) is 0 Å². The average molecular weight is 310 g/mol.